The Morgan fingerprint density at radius 1 is 1.07 bits per heavy atom. The van der Waals surface area contributed by atoms with Crippen molar-refractivity contribution in [2.75, 3.05) is 19.6 Å². The molecule has 2 aromatic rings. The Labute approximate surface area is 167 Å². The van der Waals surface area contributed by atoms with Gasteiger partial charge in [-0.15, -0.1) is 0 Å². The molecule has 1 fully saturated rings. The number of nitrogens with one attached hydrogen (secondary N) is 1. The van der Waals surface area contributed by atoms with E-state index in [1.54, 1.807) is 24.5 Å². The van der Waals surface area contributed by atoms with Crippen molar-refractivity contribution < 1.29 is 9.59 Å². The molecule has 1 aromatic carbocycles. The van der Waals surface area contributed by atoms with Crippen LogP contribution in [0.15, 0.2) is 48.8 Å². The molecular formula is C23H29N3O2. The number of Topliss-reactive ketones (excluding diaryl/α,β-unsaturated/α-hetero) is 1. The standard InChI is InChI=1S/C23H29N3O2/c1-18-7-9-19(10-8-18)21(26-14-3-2-4-15-26)17-25-23(28)12-11-22(27)20-6-5-13-24-16-20/h5-10,13,16,21H,2-4,11-12,14-15,17H2,1H3,(H,25,28). The van der Waals surface area contributed by atoms with Crippen molar-refractivity contribution in [3.63, 3.8) is 0 Å². The van der Waals surface area contributed by atoms with Crippen LogP contribution in [0.5, 0.6) is 0 Å². The lowest BCUT2D eigenvalue weighted by Crippen LogP contribution is -2.40. The van der Waals surface area contributed by atoms with Crippen LogP contribution in [-0.4, -0.2) is 41.2 Å². The summed E-state index contributed by atoms with van der Waals surface area (Å²) in [6.45, 7) is 4.78. The number of aromatic nitrogens is 1. The van der Waals surface area contributed by atoms with E-state index in [1.807, 2.05) is 0 Å². The van der Waals surface area contributed by atoms with E-state index in [0.717, 1.165) is 13.1 Å². The van der Waals surface area contributed by atoms with Gasteiger partial charge in [-0.1, -0.05) is 36.2 Å². The minimum Gasteiger partial charge on any atom is -0.354 e. The third-order valence-electron chi connectivity index (χ3n) is 5.35. The van der Waals surface area contributed by atoms with Crippen molar-refractivity contribution in [3.8, 4) is 0 Å². The molecule has 3 rings (SSSR count). The lowest BCUT2D eigenvalue weighted by atomic mass is 10.0. The number of pyridine rings is 1. The van der Waals surface area contributed by atoms with E-state index < -0.39 is 0 Å². The van der Waals surface area contributed by atoms with Crippen LogP contribution in [0.25, 0.3) is 0 Å². The molecule has 1 unspecified atom stereocenters. The monoisotopic (exact) mass is 379 g/mol. The molecule has 1 amide bonds. The molecule has 2 heterocycles. The minimum atomic E-state index is -0.0774. The summed E-state index contributed by atoms with van der Waals surface area (Å²) in [5.74, 6) is -0.124. The highest BCUT2D eigenvalue weighted by Gasteiger charge is 2.23. The maximum absolute atomic E-state index is 12.4. The van der Waals surface area contributed by atoms with Crippen LogP contribution in [0, 0.1) is 6.92 Å². The maximum Gasteiger partial charge on any atom is 0.220 e. The highest BCUT2D eigenvalue weighted by Crippen LogP contribution is 2.24. The van der Waals surface area contributed by atoms with Gasteiger partial charge in [-0.2, -0.15) is 0 Å². The van der Waals surface area contributed by atoms with E-state index >= 15 is 0 Å². The lowest BCUT2D eigenvalue weighted by molar-refractivity contribution is -0.121. The van der Waals surface area contributed by atoms with Gasteiger partial charge in [0.2, 0.25) is 5.91 Å². The van der Waals surface area contributed by atoms with Gasteiger partial charge < -0.3 is 5.32 Å². The Morgan fingerprint density at radius 3 is 2.50 bits per heavy atom. The van der Waals surface area contributed by atoms with Crippen molar-refractivity contribution >= 4 is 11.7 Å². The fourth-order valence-electron chi connectivity index (χ4n) is 3.67. The van der Waals surface area contributed by atoms with Gasteiger partial charge in [0.25, 0.3) is 0 Å². The first kappa shape index (κ1) is 20.2. The summed E-state index contributed by atoms with van der Waals surface area (Å²) >= 11 is 0. The van der Waals surface area contributed by atoms with Gasteiger partial charge >= 0.3 is 0 Å². The number of likely N-dealkylation sites (tertiary alicyclic amines) is 1. The number of nitrogens with zero attached hydrogens (tertiary/aromatic N) is 2. The summed E-state index contributed by atoms with van der Waals surface area (Å²) in [5.41, 5.74) is 3.03. The van der Waals surface area contributed by atoms with Crippen LogP contribution in [0.3, 0.4) is 0 Å². The summed E-state index contributed by atoms with van der Waals surface area (Å²) in [6.07, 6.45) is 7.27. The fraction of sp³-hybridized carbons (Fsp3) is 0.435. The van der Waals surface area contributed by atoms with Crippen LogP contribution in [0.4, 0.5) is 0 Å². The van der Waals surface area contributed by atoms with E-state index in [4.69, 9.17) is 0 Å². The first-order valence-electron chi connectivity index (χ1n) is 10.1. The number of benzene rings is 1. The van der Waals surface area contributed by atoms with Crippen LogP contribution < -0.4 is 5.32 Å². The first-order valence-corrected chi connectivity index (χ1v) is 10.1. The Morgan fingerprint density at radius 2 is 1.82 bits per heavy atom. The predicted octanol–water partition coefficient (Wildman–Crippen LogP) is 3.70. The quantitative estimate of drug-likeness (QED) is 0.711. The van der Waals surface area contributed by atoms with E-state index in [2.05, 4.69) is 46.4 Å². The number of amides is 1. The number of hydrogen-bond donors (Lipinski definition) is 1. The zero-order valence-corrected chi connectivity index (χ0v) is 16.6. The molecule has 5 heteroatoms. The summed E-state index contributed by atoms with van der Waals surface area (Å²) in [5, 5.41) is 3.05. The maximum atomic E-state index is 12.4. The number of carbonyl (C=O) groups excluding carboxylic acids is 2. The third kappa shape index (κ3) is 5.73. The molecule has 148 valence electrons. The molecule has 1 saturated heterocycles. The van der Waals surface area contributed by atoms with Gasteiger partial charge in [-0.3, -0.25) is 19.5 Å². The molecule has 1 aliphatic heterocycles. The van der Waals surface area contributed by atoms with Crippen LogP contribution in [0.2, 0.25) is 0 Å². The number of rotatable bonds is 8. The normalized spacial score (nSPS) is 15.8. The molecule has 0 bridgehead atoms. The second kappa shape index (κ2) is 10.1. The van der Waals surface area contributed by atoms with Crippen LogP contribution in [-0.2, 0) is 4.79 Å². The highest BCUT2D eigenvalue weighted by atomic mass is 16.2. The Bertz CT molecular complexity index is 768. The molecule has 1 atom stereocenters. The molecule has 0 spiro atoms. The number of piperidine rings is 1. The molecule has 1 aliphatic rings. The molecule has 1 aromatic heterocycles. The van der Waals surface area contributed by atoms with Crippen molar-refractivity contribution in [2.45, 2.75) is 45.1 Å². The molecule has 1 N–H and O–H groups in total. The fourth-order valence-corrected chi connectivity index (χ4v) is 3.67. The number of carbonyl (C=O) groups is 2. The third-order valence-corrected chi connectivity index (χ3v) is 5.35. The predicted molar refractivity (Wildman–Crippen MR) is 110 cm³/mol. The molecular weight excluding hydrogens is 350 g/mol. The largest absolute Gasteiger partial charge is 0.354 e. The highest BCUT2D eigenvalue weighted by molar-refractivity contribution is 5.97. The number of aryl methyl sites for hydroxylation is 1. The van der Waals surface area contributed by atoms with Crippen LogP contribution in [0.1, 0.15) is 59.6 Å². The number of ketones is 1. The summed E-state index contributed by atoms with van der Waals surface area (Å²) in [4.78, 5) is 30.9. The van der Waals surface area contributed by atoms with E-state index in [-0.39, 0.29) is 30.6 Å². The van der Waals surface area contributed by atoms with Crippen molar-refractivity contribution in [3.05, 3.63) is 65.5 Å². The average Bonchev–Trinajstić information content (AvgIpc) is 2.75. The SMILES string of the molecule is Cc1ccc(C(CNC(=O)CCC(=O)c2cccnc2)N2CCCCC2)cc1. The van der Waals surface area contributed by atoms with E-state index in [0.29, 0.717) is 12.1 Å². The van der Waals surface area contributed by atoms with Gasteiger partial charge in [-0.05, 0) is 50.6 Å². The van der Waals surface area contributed by atoms with Crippen molar-refractivity contribution in [2.24, 2.45) is 0 Å². The van der Waals surface area contributed by atoms with Gasteiger partial charge in [0.05, 0.1) is 6.04 Å². The van der Waals surface area contributed by atoms with E-state index in [9.17, 15) is 9.59 Å². The summed E-state index contributed by atoms with van der Waals surface area (Å²) < 4.78 is 0. The van der Waals surface area contributed by atoms with Gasteiger partial charge in [-0.25, -0.2) is 0 Å². The molecule has 0 aliphatic carbocycles. The molecule has 0 saturated carbocycles. The average molecular weight is 380 g/mol. The Hall–Kier alpha value is -2.53. The lowest BCUT2D eigenvalue weighted by Gasteiger charge is -2.35. The molecule has 0 radical (unpaired) electrons. The van der Waals surface area contributed by atoms with Gasteiger partial charge in [0.1, 0.15) is 0 Å². The smallest absolute Gasteiger partial charge is 0.220 e. The zero-order chi connectivity index (χ0) is 19.8. The van der Waals surface area contributed by atoms with Gasteiger partial charge in [0, 0.05) is 37.3 Å². The van der Waals surface area contributed by atoms with Gasteiger partial charge in [0.15, 0.2) is 5.78 Å². The zero-order valence-electron chi connectivity index (χ0n) is 16.6. The second-order valence-electron chi connectivity index (χ2n) is 7.49. The van der Waals surface area contributed by atoms with Crippen molar-refractivity contribution in [1.82, 2.24) is 15.2 Å². The molecule has 5 nitrogen and oxygen atoms in total. The summed E-state index contributed by atoms with van der Waals surface area (Å²) in [6, 6.07) is 12.2. The van der Waals surface area contributed by atoms with E-state index in [1.165, 1.54) is 30.4 Å². The Balaban J connectivity index is 1.55. The topological polar surface area (TPSA) is 62.3 Å². The Kier molecular flexibility index (Phi) is 7.31. The van der Waals surface area contributed by atoms with Crippen molar-refractivity contribution in [1.29, 1.82) is 0 Å². The number of hydrogen-bond acceptors (Lipinski definition) is 4. The second-order valence-corrected chi connectivity index (χ2v) is 7.49. The summed E-state index contributed by atoms with van der Waals surface area (Å²) in [7, 11) is 0. The van der Waals surface area contributed by atoms with Crippen LogP contribution >= 0.6 is 0 Å². The first-order chi connectivity index (χ1) is 13.6. The minimum absolute atomic E-state index is 0.0469. The molecule has 28 heavy (non-hydrogen) atoms.